The van der Waals surface area contributed by atoms with E-state index in [-0.39, 0.29) is 29.3 Å². The molecular weight excluding hydrogens is 377 g/mol. The molecule has 2 aliphatic rings. The zero-order chi connectivity index (χ0) is 17.6. The Morgan fingerprint density at radius 3 is 2.88 bits per heavy atom. The van der Waals surface area contributed by atoms with Crippen LogP contribution in [0, 0.1) is 17.2 Å². The molecule has 0 bridgehead atoms. The van der Waals surface area contributed by atoms with Gasteiger partial charge in [0.15, 0.2) is 6.10 Å². The third-order valence-corrected chi connectivity index (χ3v) is 5.97. The van der Waals surface area contributed by atoms with E-state index in [1.807, 2.05) is 7.05 Å². The van der Waals surface area contributed by atoms with Gasteiger partial charge in [-0.1, -0.05) is 13.8 Å². The molecule has 132 valence electrons. The van der Waals surface area contributed by atoms with Gasteiger partial charge in [0, 0.05) is 31.0 Å². The van der Waals surface area contributed by atoms with Crippen molar-refractivity contribution in [1.29, 1.82) is 0 Å². The molecule has 1 amide bonds. The average molecular weight is 400 g/mol. The third kappa shape index (κ3) is 2.84. The lowest BCUT2D eigenvalue weighted by Crippen LogP contribution is -2.67. The van der Waals surface area contributed by atoms with Gasteiger partial charge in [-0.2, -0.15) is 0 Å². The summed E-state index contributed by atoms with van der Waals surface area (Å²) in [6.45, 7) is 6.79. The molecule has 1 aliphatic carbocycles. The zero-order valence-electron chi connectivity index (χ0n) is 14.4. The Labute approximate surface area is 150 Å². The molecule has 4 atom stereocenters. The summed E-state index contributed by atoms with van der Waals surface area (Å²) in [5.74, 6) is 0.433. The number of rotatable bonds is 4. The van der Waals surface area contributed by atoms with Crippen LogP contribution >= 0.6 is 15.9 Å². The maximum absolute atomic E-state index is 13.2. The summed E-state index contributed by atoms with van der Waals surface area (Å²) in [7, 11) is 1.84. The summed E-state index contributed by atoms with van der Waals surface area (Å²) in [4.78, 5) is 14.6. The van der Waals surface area contributed by atoms with Crippen LogP contribution < -0.4 is 4.74 Å². The molecule has 1 aliphatic heterocycles. The summed E-state index contributed by atoms with van der Waals surface area (Å²) in [5.41, 5.74) is -0.0538. The van der Waals surface area contributed by atoms with Crippen LogP contribution in [0.25, 0.3) is 0 Å². The lowest BCUT2D eigenvalue weighted by molar-refractivity contribution is -0.171. The first-order chi connectivity index (χ1) is 11.2. The minimum atomic E-state index is -0.645. The van der Waals surface area contributed by atoms with Crippen LogP contribution in [-0.2, 0) is 9.53 Å². The number of carbonyl (C=O) groups is 1. The summed E-state index contributed by atoms with van der Waals surface area (Å²) >= 11 is 3.26. The molecule has 0 N–H and O–H groups in total. The van der Waals surface area contributed by atoms with Crippen molar-refractivity contribution in [3.8, 4) is 5.75 Å². The number of halogens is 2. The topological polar surface area (TPSA) is 38.8 Å². The molecule has 2 fully saturated rings. The molecule has 0 aromatic heterocycles. The molecule has 1 aromatic rings. The van der Waals surface area contributed by atoms with E-state index >= 15 is 0 Å². The fourth-order valence-electron chi connectivity index (χ4n) is 4.32. The number of ether oxygens (including phenoxy) is 2. The number of fused-ring (bicyclic) bond motifs is 1. The maximum Gasteiger partial charge on any atom is 0.263 e. The monoisotopic (exact) mass is 399 g/mol. The maximum atomic E-state index is 13.2. The smallest absolute Gasteiger partial charge is 0.263 e. The van der Waals surface area contributed by atoms with Crippen LogP contribution in [0.2, 0.25) is 0 Å². The molecule has 0 unspecified atom stereocenters. The SMILES string of the molecule is C[C@H](Oc1ccc(F)cc1Br)C(=O)N(C)[C@@H]1[C@H]2CCO[C@H]2C1(C)C. The van der Waals surface area contributed by atoms with Gasteiger partial charge in [0.2, 0.25) is 0 Å². The lowest BCUT2D eigenvalue weighted by Gasteiger charge is -2.57. The average Bonchev–Trinajstić information content (AvgIpc) is 2.95. The van der Waals surface area contributed by atoms with Crippen molar-refractivity contribution in [1.82, 2.24) is 4.90 Å². The van der Waals surface area contributed by atoms with Gasteiger partial charge in [-0.05, 0) is 47.5 Å². The van der Waals surface area contributed by atoms with E-state index in [0.717, 1.165) is 13.0 Å². The molecule has 1 saturated carbocycles. The summed E-state index contributed by atoms with van der Waals surface area (Å²) < 4.78 is 25.2. The summed E-state index contributed by atoms with van der Waals surface area (Å²) in [6, 6.07) is 4.32. The second kappa shape index (κ2) is 6.30. The van der Waals surface area contributed by atoms with Crippen LogP contribution in [0.5, 0.6) is 5.75 Å². The number of hydrogen-bond donors (Lipinski definition) is 0. The molecule has 6 heteroatoms. The Balaban J connectivity index is 1.69. The van der Waals surface area contributed by atoms with Gasteiger partial charge in [-0.15, -0.1) is 0 Å². The number of amides is 1. The van der Waals surface area contributed by atoms with Crippen molar-refractivity contribution >= 4 is 21.8 Å². The number of likely N-dealkylation sites (N-methyl/N-ethyl adjacent to an activating group) is 1. The Morgan fingerprint density at radius 2 is 2.21 bits per heavy atom. The second-order valence-electron chi connectivity index (χ2n) is 7.29. The predicted octanol–water partition coefficient (Wildman–Crippen LogP) is 3.63. The van der Waals surface area contributed by atoms with Crippen molar-refractivity contribution in [2.75, 3.05) is 13.7 Å². The highest BCUT2D eigenvalue weighted by Gasteiger charge is 2.61. The second-order valence-corrected chi connectivity index (χ2v) is 8.15. The standard InChI is InChI=1S/C18H23BrFNO3/c1-10(24-14-6-5-11(20)9-13(14)19)17(22)21(4)15-12-7-8-23-16(12)18(15,2)3/h5-6,9-10,12,15-16H,7-8H2,1-4H3/t10-,12+,15+,16+/m0/s1. The highest BCUT2D eigenvalue weighted by Crippen LogP contribution is 2.54. The zero-order valence-corrected chi connectivity index (χ0v) is 16.0. The molecule has 3 rings (SSSR count). The van der Waals surface area contributed by atoms with E-state index in [9.17, 15) is 9.18 Å². The fraction of sp³-hybridized carbons (Fsp3) is 0.611. The largest absolute Gasteiger partial charge is 0.480 e. The van der Waals surface area contributed by atoms with Crippen molar-refractivity contribution < 1.29 is 18.7 Å². The number of carbonyl (C=O) groups excluding carboxylic acids is 1. The molecule has 0 radical (unpaired) electrons. The minimum Gasteiger partial charge on any atom is -0.480 e. The van der Waals surface area contributed by atoms with Crippen molar-refractivity contribution in [3.63, 3.8) is 0 Å². The number of nitrogens with zero attached hydrogens (tertiary/aromatic N) is 1. The molecular formula is C18H23BrFNO3. The van der Waals surface area contributed by atoms with E-state index in [1.165, 1.54) is 18.2 Å². The van der Waals surface area contributed by atoms with E-state index in [0.29, 0.717) is 16.1 Å². The fourth-order valence-corrected chi connectivity index (χ4v) is 4.76. The van der Waals surface area contributed by atoms with Crippen LogP contribution in [0.15, 0.2) is 22.7 Å². The molecule has 0 spiro atoms. The van der Waals surface area contributed by atoms with Gasteiger partial charge in [-0.3, -0.25) is 4.79 Å². The highest BCUT2D eigenvalue weighted by molar-refractivity contribution is 9.10. The highest BCUT2D eigenvalue weighted by atomic mass is 79.9. The van der Waals surface area contributed by atoms with Crippen LogP contribution in [0.3, 0.4) is 0 Å². The van der Waals surface area contributed by atoms with Gasteiger partial charge < -0.3 is 14.4 Å². The first-order valence-electron chi connectivity index (χ1n) is 8.23. The molecule has 4 nitrogen and oxygen atoms in total. The van der Waals surface area contributed by atoms with Gasteiger partial charge >= 0.3 is 0 Å². The van der Waals surface area contributed by atoms with Gasteiger partial charge in [0.1, 0.15) is 11.6 Å². The molecule has 1 saturated heterocycles. The molecule has 1 aromatic carbocycles. The Morgan fingerprint density at radius 1 is 1.50 bits per heavy atom. The first-order valence-corrected chi connectivity index (χ1v) is 9.02. The normalized spacial score (nSPS) is 28.7. The Hall–Kier alpha value is -1.14. The van der Waals surface area contributed by atoms with Crippen molar-refractivity contribution in [3.05, 3.63) is 28.5 Å². The van der Waals surface area contributed by atoms with Crippen molar-refractivity contribution in [2.45, 2.75) is 45.4 Å². The van der Waals surface area contributed by atoms with Crippen LogP contribution in [0.4, 0.5) is 4.39 Å². The van der Waals surface area contributed by atoms with Gasteiger partial charge in [0.05, 0.1) is 10.6 Å². The van der Waals surface area contributed by atoms with Crippen LogP contribution in [0.1, 0.15) is 27.2 Å². The first kappa shape index (κ1) is 17.7. The quantitative estimate of drug-likeness (QED) is 0.775. The number of hydrogen-bond acceptors (Lipinski definition) is 3. The van der Waals surface area contributed by atoms with Crippen molar-refractivity contribution in [2.24, 2.45) is 11.3 Å². The summed E-state index contributed by atoms with van der Waals surface area (Å²) in [5, 5.41) is 0. The van der Waals surface area contributed by atoms with E-state index in [1.54, 1.807) is 11.8 Å². The van der Waals surface area contributed by atoms with Gasteiger partial charge in [-0.25, -0.2) is 4.39 Å². The van der Waals surface area contributed by atoms with E-state index in [4.69, 9.17) is 9.47 Å². The Bertz CT molecular complexity index is 651. The predicted molar refractivity (Wildman–Crippen MR) is 92.4 cm³/mol. The van der Waals surface area contributed by atoms with Crippen LogP contribution in [-0.4, -0.2) is 42.7 Å². The lowest BCUT2D eigenvalue weighted by atomic mass is 9.56. The molecule has 1 heterocycles. The summed E-state index contributed by atoms with van der Waals surface area (Å²) in [6.07, 6.45) is 0.587. The van der Waals surface area contributed by atoms with E-state index < -0.39 is 6.10 Å². The minimum absolute atomic E-state index is 0.0538. The van der Waals surface area contributed by atoms with E-state index in [2.05, 4.69) is 29.8 Å². The van der Waals surface area contributed by atoms with Gasteiger partial charge in [0.25, 0.3) is 5.91 Å². The third-order valence-electron chi connectivity index (χ3n) is 5.35. The molecule has 24 heavy (non-hydrogen) atoms. The number of benzene rings is 1. The Kier molecular flexibility index (Phi) is 4.64.